The van der Waals surface area contributed by atoms with Gasteiger partial charge < -0.3 is 4.74 Å². The van der Waals surface area contributed by atoms with E-state index in [1.54, 1.807) is 37.3 Å². The molecule has 0 bridgehead atoms. The molecule has 0 aliphatic rings. The molecule has 0 saturated heterocycles. The third-order valence-corrected chi connectivity index (χ3v) is 4.83. The summed E-state index contributed by atoms with van der Waals surface area (Å²) in [6, 6.07) is 13.1. The van der Waals surface area contributed by atoms with Crippen LogP contribution in [-0.4, -0.2) is 15.5 Å². The van der Waals surface area contributed by atoms with Crippen LogP contribution >= 0.6 is 0 Å². The predicted molar refractivity (Wildman–Crippen MR) is 74.3 cm³/mol. The van der Waals surface area contributed by atoms with Crippen LogP contribution in [0, 0.1) is 18.3 Å². The van der Waals surface area contributed by atoms with Crippen molar-refractivity contribution in [2.75, 3.05) is 7.11 Å². The molecule has 0 spiro atoms. The van der Waals surface area contributed by atoms with Crippen LogP contribution in [0.4, 0.5) is 0 Å². The quantitative estimate of drug-likeness (QED) is 0.870. The third kappa shape index (κ3) is 2.26. The van der Waals surface area contributed by atoms with Crippen LogP contribution in [0.2, 0.25) is 0 Å². The Labute approximate surface area is 118 Å². The number of para-hydroxylation sites is 1. The molecular formula is C15H13NO3S. The molecule has 0 aliphatic carbocycles. The van der Waals surface area contributed by atoms with Gasteiger partial charge in [-0.3, -0.25) is 0 Å². The van der Waals surface area contributed by atoms with E-state index in [0.717, 1.165) is 0 Å². The highest BCUT2D eigenvalue weighted by Gasteiger charge is 2.25. The fourth-order valence-electron chi connectivity index (χ4n) is 1.97. The summed E-state index contributed by atoms with van der Waals surface area (Å²) in [6.07, 6.45) is 0. The summed E-state index contributed by atoms with van der Waals surface area (Å²) in [7, 11) is -2.38. The molecule has 102 valence electrons. The van der Waals surface area contributed by atoms with Gasteiger partial charge in [-0.15, -0.1) is 0 Å². The van der Waals surface area contributed by atoms with E-state index in [-0.39, 0.29) is 21.1 Å². The van der Waals surface area contributed by atoms with Crippen LogP contribution in [0.15, 0.2) is 52.3 Å². The summed E-state index contributed by atoms with van der Waals surface area (Å²) in [6.45, 7) is 1.71. The second kappa shape index (κ2) is 5.35. The number of nitriles is 1. The number of rotatable bonds is 3. The van der Waals surface area contributed by atoms with Crippen LogP contribution in [0.3, 0.4) is 0 Å². The molecule has 0 aromatic heterocycles. The minimum Gasteiger partial charge on any atom is -0.495 e. The number of aryl methyl sites for hydroxylation is 1. The zero-order chi connectivity index (χ0) is 14.8. The zero-order valence-electron chi connectivity index (χ0n) is 11.1. The maximum Gasteiger partial charge on any atom is 0.211 e. The maximum absolute atomic E-state index is 12.7. The number of hydrogen-bond acceptors (Lipinski definition) is 4. The van der Waals surface area contributed by atoms with E-state index in [0.29, 0.717) is 5.56 Å². The number of hydrogen-bond donors (Lipinski definition) is 0. The molecule has 0 N–H and O–H groups in total. The molecule has 0 saturated carbocycles. The molecule has 0 unspecified atom stereocenters. The second-order valence-corrected chi connectivity index (χ2v) is 6.10. The Balaban J connectivity index is 2.75. The van der Waals surface area contributed by atoms with Gasteiger partial charge in [0, 0.05) is 0 Å². The first kappa shape index (κ1) is 14.1. The average molecular weight is 287 g/mol. The van der Waals surface area contributed by atoms with Gasteiger partial charge in [0.1, 0.15) is 16.7 Å². The van der Waals surface area contributed by atoms with Crippen molar-refractivity contribution >= 4 is 9.84 Å². The standard InChI is InChI=1S/C15H13NO3S/c1-11-6-5-9-14(12(11)10-16)20(17,18)15-8-4-3-7-13(15)19-2/h3-9H,1-2H3. The van der Waals surface area contributed by atoms with Gasteiger partial charge in [0.25, 0.3) is 0 Å². The summed E-state index contributed by atoms with van der Waals surface area (Å²) in [5.41, 5.74) is 0.793. The van der Waals surface area contributed by atoms with Crippen molar-refractivity contribution in [2.24, 2.45) is 0 Å². The lowest BCUT2D eigenvalue weighted by molar-refractivity contribution is 0.402. The first-order valence-electron chi connectivity index (χ1n) is 5.90. The van der Waals surface area contributed by atoms with E-state index < -0.39 is 9.84 Å². The van der Waals surface area contributed by atoms with Crippen LogP contribution in [0.1, 0.15) is 11.1 Å². The van der Waals surface area contributed by atoms with Gasteiger partial charge in [0.05, 0.1) is 17.6 Å². The molecule has 2 aromatic rings. The molecule has 0 fully saturated rings. The van der Waals surface area contributed by atoms with Crippen molar-refractivity contribution in [3.8, 4) is 11.8 Å². The SMILES string of the molecule is COc1ccccc1S(=O)(=O)c1cccc(C)c1C#N. The van der Waals surface area contributed by atoms with E-state index in [2.05, 4.69) is 0 Å². The van der Waals surface area contributed by atoms with E-state index >= 15 is 0 Å². The summed E-state index contributed by atoms with van der Waals surface area (Å²) < 4.78 is 30.5. The van der Waals surface area contributed by atoms with Crippen LogP contribution in [0.5, 0.6) is 5.75 Å². The van der Waals surface area contributed by atoms with E-state index in [9.17, 15) is 13.7 Å². The van der Waals surface area contributed by atoms with E-state index in [4.69, 9.17) is 4.74 Å². The monoisotopic (exact) mass is 287 g/mol. The number of benzene rings is 2. The Kier molecular flexibility index (Phi) is 3.77. The van der Waals surface area contributed by atoms with E-state index in [1.165, 1.54) is 19.2 Å². The van der Waals surface area contributed by atoms with Gasteiger partial charge in [0.2, 0.25) is 9.84 Å². The molecule has 0 aliphatic heterocycles. The van der Waals surface area contributed by atoms with Gasteiger partial charge >= 0.3 is 0 Å². The average Bonchev–Trinajstić information content (AvgIpc) is 2.46. The first-order chi connectivity index (χ1) is 9.52. The number of methoxy groups -OCH3 is 1. The number of sulfone groups is 1. The lowest BCUT2D eigenvalue weighted by atomic mass is 10.1. The normalized spacial score (nSPS) is 10.8. The van der Waals surface area contributed by atoms with Gasteiger partial charge in [0.15, 0.2) is 0 Å². The van der Waals surface area contributed by atoms with Gasteiger partial charge in [-0.2, -0.15) is 5.26 Å². The van der Waals surface area contributed by atoms with Crippen LogP contribution in [-0.2, 0) is 9.84 Å². The first-order valence-corrected chi connectivity index (χ1v) is 7.38. The Morgan fingerprint density at radius 2 is 1.70 bits per heavy atom. The van der Waals surface area contributed by atoms with Crippen molar-refractivity contribution in [1.82, 2.24) is 0 Å². The van der Waals surface area contributed by atoms with E-state index in [1.807, 2.05) is 6.07 Å². The zero-order valence-corrected chi connectivity index (χ0v) is 11.9. The Hall–Kier alpha value is -2.32. The topological polar surface area (TPSA) is 67.2 Å². The molecule has 5 heteroatoms. The van der Waals surface area contributed by atoms with Gasteiger partial charge in [-0.05, 0) is 30.7 Å². The van der Waals surface area contributed by atoms with Crippen LogP contribution in [0.25, 0.3) is 0 Å². The molecule has 4 nitrogen and oxygen atoms in total. The molecule has 0 heterocycles. The highest BCUT2D eigenvalue weighted by atomic mass is 32.2. The lowest BCUT2D eigenvalue weighted by Gasteiger charge is -2.11. The molecule has 0 amide bonds. The molecule has 20 heavy (non-hydrogen) atoms. The van der Waals surface area contributed by atoms with Crippen molar-refractivity contribution in [2.45, 2.75) is 16.7 Å². The summed E-state index contributed by atoms with van der Waals surface area (Å²) in [5.74, 6) is 0.262. The summed E-state index contributed by atoms with van der Waals surface area (Å²) >= 11 is 0. The number of nitrogens with zero attached hydrogens (tertiary/aromatic N) is 1. The molecular weight excluding hydrogens is 274 g/mol. The molecule has 0 radical (unpaired) electrons. The minimum atomic E-state index is -3.79. The summed E-state index contributed by atoms with van der Waals surface area (Å²) in [5, 5.41) is 9.19. The minimum absolute atomic E-state index is 0.00417. The Bertz CT molecular complexity index is 789. The molecule has 2 aromatic carbocycles. The lowest BCUT2D eigenvalue weighted by Crippen LogP contribution is -2.07. The van der Waals surface area contributed by atoms with Crippen molar-refractivity contribution in [1.29, 1.82) is 5.26 Å². The second-order valence-electron chi connectivity index (χ2n) is 4.21. The fraction of sp³-hybridized carbons (Fsp3) is 0.133. The van der Waals surface area contributed by atoms with Crippen molar-refractivity contribution in [3.63, 3.8) is 0 Å². The molecule has 0 atom stereocenters. The van der Waals surface area contributed by atoms with Crippen molar-refractivity contribution in [3.05, 3.63) is 53.6 Å². The maximum atomic E-state index is 12.7. The summed E-state index contributed by atoms with van der Waals surface area (Å²) in [4.78, 5) is 0.0640. The van der Waals surface area contributed by atoms with Crippen molar-refractivity contribution < 1.29 is 13.2 Å². The molecule has 2 rings (SSSR count). The fourth-order valence-corrected chi connectivity index (χ4v) is 3.61. The largest absolute Gasteiger partial charge is 0.495 e. The highest BCUT2D eigenvalue weighted by Crippen LogP contribution is 2.31. The predicted octanol–water partition coefficient (Wildman–Crippen LogP) is 2.71. The third-order valence-electron chi connectivity index (χ3n) is 2.99. The highest BCUT2D eigenvalue weighted by molar-refractivity contribution is 7.91. The van der Waals surface area contributed by atoms with Gasteiger partial charge in [-0.25, -0.2) is 8.42 Å². The van der Waals surface area contributed by atoms with Gasteiger partial charge in [-0.1, -0.05) is 24.3 Å². The Morgan fingerprint density at radius 3 is 2.35 bits per heavy atom. The Morgan fingerprint density at radius 1 is 1.05 bits per heavy atom. The smallest absolute Gasteiger partial charge is 0.211 e. The number of ether oxygens (including phenoxy) is 1. The van der Waals surface area contributed by atoms with Crippen LogP contribution < -0.4 is 4.74 Å².